The van der Waals surface area contributed by atoms with E-state index >= 15 is 0 Å². The Morgan fingerprint density at radius 3 is 3.00 bits per heavy atom. The Morgan fingerprint density at radius 1 is 1.35 bits per heavy atom. The number of methoxy groups -OCH3 is 1. The zero-order valence-electron chi connectivity index (χ0n) is 13.4. The number of fused-ring (bicyclic) bond motifs is 1. The second-order valence-electron chi connectivity index (χ2n) is 5.55. The second-order valence-corrected chi connectivity index (χ2v) is 5.94. The number of rotatable bonds is 3. The van der Waals surface area contributed by atoms with Crippen LogP contribution in [0.2, 0.25) is 0 Å². The van der Waals surface area contributed by atoms with Crippen molar-refractivity contribution < 1.29 is 9.15 Å². The molecule has 3 nitrogen and oxygen atoms in total. The molecule has 0 saturated heterocycles. The number of hydrogen-bond acceptors (Lipinski definition) is 3. The zero-order valence-corrected chi connectivity index (χ0v) is 14.1. The third-order valence-electron chi connectivity index (χ3n) is 4.03. The van der Waals surface area contributed by atoms with Crippen molar-refractivity contribution in [3.63, 3.8) is 0 Å². The molecule has 23 heavy (non-hydrogen) atoms. The molecular formula is C19H20ClNO2. The van der Waals surface area contributed by atoms with Gasteiger partial charge in [0.15, 0.2) is 11.5 Å². The lowest BCUT2D eigenvalue weighted by Gasteiger charge is -2.08. The topological polar surface area (TPSA) is 34.7 Å². The number of ether oxygens (including phenoxy) is 1. The molecule has 1 atom stereocenters. The minimum Gasteiger partial charge on any atom is -0.493 e. The first-order valence-electron chi connectivity index (χ1n) is 7.89. The van der Waals surface area contributed by atoms with Gasteiger partial charge in [-0.1, -0.05) is 48.9 Å². The van der Waals surface area contributed by atoms with Crippen molar-refractivity contribution >= 4 is 33.8 Å². The molecule has 1 aromatic heterocycles. The average Bonchev–Trinajstić information content (AvgIpc) is 2.86. The van der Waals surface area contributed by atoms with Gasteiger partial charge >= 0.3 is 0 Å². The van der Waals surface area contributed by atoms with Crippen LogP contribution in [0.25, 0.3) is 11.3 Å². The van der Waals surface area contributed by atoms with E-state index in [1.165, 1.54) is 0 Å². The standard InChI is InChI=1S/C19H20ClNO2/c1-3-13-11-17(22-2)18-15(21-19(13)20)12-16(23-18)14-9-7-5-4-6-8-10-14/h4-7,9,11-13H,3,8,10H2,1-2H3/b6-4-,7-5-,14-9+. The summed E-state index contributed by atoms with van der Waals surface area (Å²) in [6.45, 7) is 2.07. The molecule has 0 bridgehead atoms. The Balaban J connectivity index is 2.03. The second kappa shape index (κ2) is 7.05. The van der Waals surface area contributed by atoms with Crippen molar-refractivity contribution in [1.29, 1.82) is 0 Å². The summed E-state index contributed by atoms with van der Waals surface area (Å²) in [5.41, 5.74) is 1.88. The van der Waals surface area contributed by atoms with E-state index in [9.17, 15) is 0 Å². The fourth-order valence-corrected chi connectivity index (χ4v) is 3.02. The van der Waals surface area contributed by atoms with Crippen LogP contribution < -0.4 is 0 Å². The summed E-state index contributed by atoms with van der Waals surface area (Å²) in [5, 5.41) is 0.572. The highest BCUT2D eigenvalue weighted by molar-refractivity contribution is 6.66. The van der Waals surface area contributed by atoms with E-state index in [0.29, 0.717) is 16.7 Å². The molecule has 2 aliphatic rings. The molecule has 2 heterocycles. The highest BCUT2D eigenvalue weighted by Gasteiger charge is 2.24. The monoisotopic (exact) mass is 329 g/mol. The van der Waals surface area contributed by atoms with Crippen LogP contribution in [-0.2, 0) is 4.74 Å². The highest BCUT2D eigenvalue weighted by atomic mass is 35.5. The van der Waals surface area contributed by atoms with Gasteiger partial charge in [0.25, 0.3) is 0 Å². The average molecular weight is 330 g/mol. The summed E-state index contributed by atoms with van der Waals surface area (Å²) < 4.78 is 11.6. The van der Waals surface area contributed by atoms with Crippen LogP contribution >= 0.6 is 11.6 Å². The molecule has 0 aromatic carbocycles. The van der Waals surface area contributed by atoms with Crippen LogP contribution in [0.3, 0.4) is 0 Å². The molecule has 3 rings (SSSR count). The molecule has 1 aliphatic carbocycles. The largest absolute Gasteiger partial charge is 0.493 e. The van der Waals surface area contributed by atoms with Gasteiger partial charge in [0.2, 0.25) is 0 Å². The maximum Gasteiger partial charge on any atom is 0.194 e. The predicted octanol–water partition coefficient (Wildman–Crippen LogP) is 5.87. The molecule has 0 fully saturated rings. The Morgan fingerprint density at radius 2 is 2.22 bits per heavy atom. The van der Waals surface area contributed by atoms with E-state index in [4.69, 9.17) is 20.8 Å². The minimum atomic E-state index is 0.0614. The number of nitrogens with zero attached hydrogens (tertiary/aromatic N) is 1. The molecule has 1 aromatic rings. The minimum absolute atomic E-state index is 0.0614. The molecule has 1 unspecified atom stereocenters. The van der Waals surface area contributed by atoms with Crippen LogP contribution in [-0.4, -0.2) is 12.3 Å². The van der Waals surface area contributed by atoms with Crippen molar-refractivity contribution in [2.45, 2.75) is 26.2 Å². The van der Waals surface area contributed by atoms with Crippen molar-refractivity contribution in [2.75, 3.05) is 7.11 Å². The lowest BCUT2D eigenvalue weighted by atomic mass is 10.1. The van der Waals surface area contributed by atoms with E-state index in [-0.39, 0.29) is 5.92 Å². The molecule has 0 N–H and O–H groups in total. The van der Waals surface area contributed by atoms with Gasteiger partial charge in [-0.05, 0) is 30.9 Å². The smallest absolute Gasteiger partial charge is 0.194 e. The zero-order chi connectivity index (χ0) is 16.2. The first-order valence-corrected chi connectivity index (χ1v) is 8.27. The van der Waals surface area contributed by atoms with E-state index in [2.05, 4.69) is 30.1 Å². The Kier molecular flexibility index (Phi) is 4.87. The van der Waals surface area contributed by atoms with Gasteiger partial charge in [0, 0.05) is 12.0 Å². The lowest BCUT2D eigenvalue weighted by molar-refractivity contribution is 0.349. The quantitative estimate of drug-likeness (QED) is 0.695. The molecule has 120 valence electrons. The van der Waals surface area contributed by atoms with E-state index < -0.39 is 0 Å². The number of allylic oxidation sites excluding steroid dienone is 7. The molecule has 4 heteroatoms. The molecule has 0 amide bonds. The molecule has 1 aliphatic heterocycles. The molecule has 0 radical (unpaired) electrons. The summed E-state index contributed by atoms with van der Waals surface area (Å²) in [6, 6.07) is 1.95. The fraction of sp³-hybridized carbons (Fsp3) is 0.316. The molecule has 0 spiro atoms. The normalized spacial score (nSPS) is 25.7. The predicted molar refractivity (Wildman–Crippen MR) is 95.9 cm³/mol. The summed E-state index contributed by atoms with van der Waals surface area (Å²) in [5.74, 6) is 2.23. The number of hydrogen-bond donors (Lipinski definition) is 0. The van der Waals surface area contributed by atoms with Crippen LogP contribution in [0.1, 0.15) is 37.7 Å². The summed E-state index contributed by atoms with van der Waals surface area (Å²) in [4.78, 5) is 4.54. The number of furan rings is 1. The number of aliphatic imine (C=N–C) groups is 1. The van der Waals surface area contributed by atoms with Gasteiger partial charge in [-0.3, -0.25) is 0 Å². The summed E-state index contributed by atoms with van der Waals surface area (Å²) >= 11 is 6.35. The maximum absolute atomic E-state index is 6.35. The molecular weight excluding hydrogens is 310 g/mol. The van der Waals surface area contributed by atoms with Gasteiger partial charge in [-0.15, -0.1) is 0 Å². The third-order valence-corrected chi connectivity index (χ3v) is 4.40. The SMILES string of the molecule is CCC1C=C(OC)c2oc(/C3=C/C=C\C=C/CC3)cc2N=C1Cl. The van der Waals surface area contributed by atoms with E-state index in [0.717, 1.165) is 36.3 Å². The number of halogens is 1. The first-order chi connectivity index (χ1) is 11.2. The Labute approximate surface area is 141 Å². The van der Waals surface area contributed by atoms with Crippen LogP contribution in [0.5, 0.6) is 0 Å². The van der Waals surface area contributed by atoms with Crippen LogP contribution in [0.4, 0.5) is 5.69 Å². The van der Waals surface area contributed by atoms with E-state index in [1.54, 1.807) is 7.11 Å². The van der Waals surface area contributed by atoms with E-state index in [1.807, 2.05) is 24.3 Å². The van der Waals surface area contributed by atoms with Crippen LogP contribution in [0, 0.1) is 5.92 Å². The summed E-state index contributed by atoms with van der Waals surface area (Å²) in [6.07, 6.45) is 15.1. The van der Waals surface area contributed by atoms with Gasteiger partial charge in [0.1, 0.15) is 16.6 Å². The maximum atomic E-state index is 6.35. The first kappa shape index (κ1) is 15.9. The van der Waals surface area contributed by atoms with Gasteiger partial charge in [-0.25, -0.2) is 4.99 Å². The fourth-order valence-electron chi connectivity index (χ4n) is 2.71. The van der Waals surface area contributed by atoms with Gasteiger partial charge in [-0.2, -0.15) is 0 Å². The Bertz CT molecular complexity index is 735. The lowest BCUT2D eigenvalue weighted by Crippen LogP contribution is -2.04. The van der Waals surface area contributed by atoms with Gasteiger partial charge in [0.05, 0.1) is 7.11 Å². The third kappa shape index (κ3) is 3.35. The molecule has 0 saturated carbocycles. The summed E-state index contributed by atoms with van der Waals surface area (Å²) in [7, 11) is 1.65. The van der Waals surface area contributed by atoms with Crippen molar-refractivity contribution in [1.82, 2.24) is 0 Å². The van der Waals surface area contributed by atoms with Crippen molar-refractivity contribution in [2.24, 2.45) is 10.9 Å². The Hall–Kier alpha value is -2.00. The van der Waals surface area contributed by atoms with Gasteiger partial charge < -0.3 is 9.15 Å². The van der Waals surface area contributed by atoms with Crippen molar-refractivity contribution in [3.05, 3.63) is 54.0 Å². The van der Waals surface area contributed by atoms with Crippen molar-refractivity contribution in [3.8, 4) is 0 Å². The van der Waals surface area contributed by atoms with Crippen LogP contribution in [0.15, 0.2) is 51.9 Å². The highest BCUT2D eigenvalue weighted by Crippen LogP contribution is 2.39.